The van der Waals surface area contributed by atoms with Crippen LogP contribution in [0.2, 0.25) is 0 Å². The van der Waals surface area contributed by atoms with E-state index in [1.165, 1.54) is 0 Å². The summed E-state index contributed by atoms with van der Waals surface area (Å²) in [7, 11) is 0. The average Bonchev–Trinajstić information content (AvgIpc) is 1.85. The van der Waals surface area contributed by atoms with Crippen LogP contribution in [0.3, 0.4) is 0 Å². The first-order valence-electron chi connectivity index (χ1n) is 3.61. The predicted octanol–water partition coefficient (Wildman–Crippen LogP) is 2.30. The maximum absolute atomic E-state index is 11.0. The Hall–Kier alpha value is -0.00610. The molecular formula is C10H11OY-. The largest absolute Gasteiger partial charge is 0.309 e. The van der Waals surface area contributed by atoms with Gasteiger partial charge in [0.05, 0.1) is 0 Å². The number of Topliss-reactive ketones (excluding diaryl/α,β-unsaturated/α-hetero) is 1. The third-order valence-electron chi connectivity index (χ3n) is 1.67. The maximum Gasteiger partial charge on any atom is 0.105 e. The Morgan fingerprint density at radius 2 is 1.92 bits per heavy atom. The molecule has 0 aliphatic heterocycles. The van der Waals surface area contributed by atoms with Gasteiger partial charge in [-0.15, -0.1) is 0 Å². The molecule has 0 saturated heterocycles. The third-order valence-corrected chi connectivity index (χ3v) is 1.67. The molecule has 0 atom stereocenters. The van der Waals surface area contributed by atoms with Crippen molar-refractivity contribution in [1.29, 1.82) is 0 Å². The SMILES string of the molecule is CC(=O)c1ccc(C)[c-]c1C.[Y]. The van der Waals surface area contributed by atoms with Gasteiger partial charge in [-0.25, -0.2) is 0 Å². The molecule has 1 aromatic carbocycles. The molecule has 0 spiro atoms. The van der Waals surface area contributed by atoms with Crippen LogP contribution in [0.5, 0.6) is 0 Å². The van der Waals surface area contributed by atoms with Crippen LogP contribution in [0.25, 0.3) is 0 Å². The summed E-state index contributed by atoms with van der Waals surface area (Å²) in [6.45, 7) is 5.45. The Labute approximate surface area is 98.4 Å². The van der Waals surface area contributed by atoms with Gasteiger partial charge in [0.15, 0.2) is 0 Å². The molecule has 12 heavy (non-hydrogen) atoms. The summed E-state index contributed by atoms with van der Waals surface area (Å²) in [4.78, 5) is 11.0. The molecule has 0 unspecified atom stereocenters. The number of hydrogen-bond acceptors (Lipinski definition) is 1. The van der Waals surface area contributed by atoms with Gasteiger partial charge in [0.25, 0.3) is 0 Å². The van der Waals surface area contributed by atoms with Crippen molar-refractivity contribution in [3.05, 3.63) is 34.9 Å². The van der Waals surface area contributed by atoms with Crippen LogP contribution in [-0.2, 0) is 32.7 Å². The van der Waals surface area contributed by atoms with Crippen LogP contribution in [-0.4, -0.2) is 5.78 Å². The van der Waals surface area contributed by atoms with Gasteiger partial charge >= 0.3 is 0 Å². The Morgan fingerprint density at radius 1 is 1.33 bits per heavy atom. The zero-order valence-corrected chi connectivity index (χ0v) is 10.5. The molecule has 1 rings (SSSR count). The molecule has 0 amide bonds. The zero-order valence-electron chi connectivity index (χ0n) is 7.64. The van der Waals surface area contributed by atoms with E-state index in [1.807, 2.05) is 26.0 Å². The fourth-order valence-corrected chi connectivity index (χ4v) is 1.12. The van der Waals surface area contributed by atoms with E-state index in [0.717, 1.165) is 16.7 Å². The number of aryl methyl sites for hydroxylation is 2. The molecule has 2 heteroatoms. The fourth-order valence-electron chi connectivity index (χ4n) is 1.12. The first-order valence-corrected chi connectivity index (χ1v) is 3.61. The Bertz CT molecular complexity index is 292. The van der Waals surface area contributed by atoms with Crippen molar-refractivity contribution in [3.8, 4) is 0 Å². The van der Waals surface area contributed by atoms with Crippen molar-refractivity contribution in [3.63, 3.8) is 0 Å². The van der Waals surface area contributed by atoms with Crippen LogP contribution in [0.1, 0.15) is 28.4 Å². The van der Waals surface area contributed by atoms with Gasteiger partial charge in [-0.3, -0.25) is 0 Å². The second-order valence-corrected chi connectivity index (χ2v) is 2.74. The molecule has 0 aliphatic rings. The van der Waals surface area contributed by atoms with E-state index < -0.39 is 0 Å². The van der Waals surface area contributed by atoms with Crippen molar-refractivity contribution < 1.29 is 37.5 Å². The summed E-state index contributed by atoms with van der Waals surface area (Å²) in [5, 5.41) is 0. The van der Waals surface area contributed by atoms with Gasteiger partial charge in [-0.1, -0.05) is 19.4 Å². The van der Waals surface area contributed by atoms with Gasteiger partial charge in [0.1, 0.15) is 5.78 Å². The molecule has 1 aromatic rings. The van der Waals surface area contributed by atoms with Gasteiger partial charge in [0.2, 0.25) is 0 Å². The van der Waals surface area contributed by atoms with Crippen LogP contribution < -0.4 is 0 Å². The van der Waals surface area contributed by atoms with Gasteiger partial charge in [0, 0.05) is 32.7 Å². The van der Waals surface area contributed by atoms with Gasteiger partial charge in [-0.05, 0) is 6.92 Å². The van der Waals surface area contributed by atoms with E-state index in [2.05, 4.69) is 6.07 Å². The molecule has 1 nitrogen and oxygen atoms in total. The minimum Gasteiger partial charge on any atom is -0.309 e. The van der Waals surface area contributed by atoms with Crippen molar-refractivity contribution in [2.75, 3.05) is 0 Å². The van der Waals surface area contributed by atoms with Gasteiger partial charge < -0.3 is 4.79 Å². The number of ketones is 1. The summed E-state index contributed by atoms with van der Waals surface area (Å²) < 4.78 is 0. The predicted molar refractivity (Wildman–Crippen MR) is 44.8 cm³/mol. The first-order chi connectivity index (χ1) is 5.11. The molecule has 61 valence electrons. The first kappa shape index (κ1) is 12.0. The van der Waals surface area contributed by atoms with E-state index in [1.54, 1.807) is 6.92 Å². The monoisotopic (exact) mass is 236 g/mol. The van der Waals surface area contributed by atoms with Crippen LogP contribution in [0, 0.1) is 19.9 Å². The summed E-state index contributed by atoms with van der Waals surface area (Å²) in [5.74, 6) is 0.110. The average molecular weight is 236 g/mol. The Kier molecular flexibility index (Phi) is 4.88. The molecule has 0 heterocycles. The van der Waals surface area contributed by atoms with Crippen LogP contribution >= 0.6 is 0 Å². The van der Waals surface area contributed by atoms with Crippen LogP contribution in [0.15, 0.2) is 12.1 Å². The van der Waals surface area contributed by atoms with Gasteiger partial charge in [-0.2, -0.15) is 29.3 Å². The maximum atomic E-state index is 11.0. The fraction of sp³-hybridized carbons (Fsp3) is 0.300. The van der Waals surface area contributed by atoms with Crippen molar-refractivity contribution in [2.45, 2.75) is 20.8 Å². The van der Waals surface area contributed by atoms with Crippen molar-refractivity contribution in [1.82, 2.24) is 0 Å². The van der Waals surface area contributed by atoms with E-state index in [-0.39, 0.29) is 38.5 Å². The summed E-state index contributed by atoms with van der Waals surface area (Å²) in [6.07, 6.45) is 0. The van der Waals surface area contributed by atoms with E-state index in [9.17, 15) is 4.79 Å². The normalized spacial score (nSPS) is 8.92. The molecule has 0 bridgehead atoms. The number of rotatable bonds is 1. The minimum absolute atomic E-state index is 0. The van der Waals surface area contributed by atoms with E-state index in [0.29, 0.717) is 0 Å². The third kappa shape index (κ3) is 2.80. The van der Waals surface area contributed by atoms with Crippen molar-refractivity contribution in [2.24, 2.45) is 0 Å². The second kappa shape index (κ2) is 4.88. The smallest absolute Gasteiger partial charge is 0.105 e. The Morgan fingerprint density at radius 3 is 2.33 bits per heavy atom. The number of benzene rings is 1. The summed E-state index contributed by atoms with van der Waals surface area (Å²) in [6, 6.07) is 6.86. The second-order valence-electron chi connectivity index (χ2n) is 2.74. The van der Waals surface area contributed by atoms with Crippen molar-refractivity contribution >= 4 is 5.78 Å². The molecule has 0 N–H and O–H groups in total. The molecule has 0 saturated carbocycles. The topological polar surface area (TPSA) is 17.1 Å². The zero-order chi connectivity index (χ0) is 8.43. The standard InChI is InChI=1S/C10H11O.Y/c1-7-4-5-10(9(3)11)8(2)6-7;/h4-5H,1-3H3;/q-1;. The molecule has 0 aromatic heterocycles. The van der Waals surface area contributed by atoms with E-state index in [4.69, 9.17) is 0 Å². The number of carbonyl (C=O) groups excluding carboxylic acids is 1. The van der Waals surface area contributed by atoms with E-state index >= 15 is 0 Å². The molecule has 0 fully saturated rings. The molecule has 1 radical (unpaired) electrons. The molecule has 0 aliphatic carbocycles. The minimum atomic E-state index is 0. The summed E-state index contributed by atoms with van der Waals surface area (Å²) in [5.41, 5.74) is 2.79. The Balaban J connectivity index is 0.00000121. The number of hydrogen-bond donors (Lipinski definition) is 0. The molecular weight excluding hydrogens is 225 g/mol. The number of carbonyl (C=O) groups is 1. The summed E-state index contributed by atoms with van der Waals surface area (Å²) >= 11 is 0. The van der Waals surface area contributed by atoms with Crippen LogP contribution in [0.4, 0.5) is 0 Å². The quantitative estimate of drug-likeness (QED) is 0.540.